The van der Waals surface area contributed by atoms with Gasteiger partial charge in [-0.05, 0) is 57.6 Å². The van der Waals surface area contributed by atoms with Gasteiger partial charge in [0.15, 0.2) is 0 Å². The van der Waals surface area contributed by atoms with Gasteiger partial charge in [0.2, 0.25) is 5.91 Å². The Labute approximate surface area is 134 Å². The molecule has 0 bridgehead atoms. The standard InChI is InChI=1S/C18H29N3O/c1-4-14-5-7-15(8-6-14)17(21(2)3)13-20-18(22)16-9-11-19-12-10-16/h5-8,16-17,19H,4,9-13H2,1-3H3,(H,20,22). The highest BCUT2D eigenvalue weighted by Gasteiger charge is 2.22. The Morgan fingerprint density at radius 3 is 2.45 bits per heavy atom. The first-order valence-electron chi connectivity index (χ1n) is 8.35. The quantitative estimate of drug-likeness (QED) is 0.844. The highest BCUT2D eigenvalue weighted by atomic mass is 16.1. The number of nitrogens with one attached hydrogen (secondary N) is 2. The monoisotopic (exact) mass is 303 g/mol. The number of hydrogen-bond donors (Lipinski definition) is 2. The molecule has 0 aromatic heterocycles. The van der Waals surface area contributed by atoms with Crippen LogP contribution in [0, 0.1) is 5.92 Å². The Morgan fingerprint density at radius 2 is 1.91 bits per heavy atom. The van der Waals surface area contributed by atoms with E-state index in [-0.39, 0.29) is 17.9 Å². The van der Waals surface area contributed by atoms with E-state index in [9.17, 15) is 4.79 Å². The van der Waals surface area contributed by atoms with Crippen molar-refractivity contribution in [2.24, 2.45) is 5.92 Å². The fourth-order valence-electron chi connectivity index (χ4n) is 3.00. The zero-order valence-corrected chi connectivity index (χ0v) is 14.1. The molecular weight excluding hydrogens is 274 g/mol. The van der Waals surface area contributed by atoms with Crippen molar-refractivity contribution in [3.05, 3.63) is 35.4 Å². The number of aryl methyl sites for hydroxylation is 1. The lowest BCUT2D eigenvalue weighted by Crippen LogP contribution is -2.41. The molecule has 22 heavy (non-hydrogen) atoms. The molecule has 0 aliphatic carbocycles. The van der Waals surface area contributed by atoms with Crippen molar-refractivity contribution < 1.29 is 4.79 Å². The lowest BCUT2D eigenvalue weighted by Gasteiger charge is -2.27. The van der Waals surface area contributed by atoms with Crippen molar-refractivity contribution in [3.63, 3.8) is 0 Å². The van der Waals surface area contributed by atoms with Crippen molar-refractivity contribution in [3.8, 4) is 0 Å². The zero-order valence-electron chi connectivity index (χ0n) is 14.1. The number of piperidine rings is 1. The predicted octanol–water partition coefficient (Wildman–Crippen LogP) is 1.97. The van der Waals surface area contributed by atoms with Gasteiger partial charge in [0.05, 0.1) is 6.04 Å². The van der Waals surface area contributed by atoms with E-state index in [1.807, 2.05) is 0 Å². The Morgan fingerprint density at radius 1 is 1.27 bits per heavy atom. The van der Waals surface area contributed by atoms with Crippen LogP contribution in [0.15, 0.2) is 24.3 Å². The van der Waals surface area contributed by atoms with Gasteiger partial charge < -0.3 is 15.5 Å². The van der Waals surface area contributed by atoms with E-state index in [4.69, 9.17) is 0 Å². The number of carbonyl (C=O) groups excluding carboxylic acids is 1. The summed E-state index contributed by atoms with van der Waals surface area (Å²) >= 11 is 0. The second-order valence-electron chi connectivity index (χ2n) is 6.34. The summed E-state index contributed by atoms with van der Waals surface area (Å²) in [5.74, 6) is 0.380. The van der Waals surface area contributed by atoms with Gasteiger partial charge in [0.1, 0.15) is 0 Å². The summed E-state index contributed by atoms with van der Waals surface area (Å²) < 4.78 is 0. The van der Waals surface area contributed by atoms with E-state index < -0.39 is 0 Å². The van der Waals surface area contributed by atoms with Crippen molar-refractivity contribution >= 4 is 5.91 Å². The Kier molecular flexibility index (Phi) is 6.40. The number of likely N-dealkylation sites (N-methyl/N-ethyl adjacent to an activating group) is 1. The van der Waals surface area contributed by atoms with Gasteiger partial charge in [0.25, 0.3) is 0 Å². The number of rotatable bonds is 6. The number of benzene rings is 1. The predicted molar refractivity (Wildman–Crippen MR) is 90.9 cm³/mol. The van der Waals surface area contributed by atoms with Crippen LogP contribution < -0.4 is 10.6 Å². The third kappa shape index (κ3) is 4.55. The van der Waals surface area contributed by atoms with Crippen molar-refractivity contribution in [2.45, 2.75) is 32.2 Å². The van der Waals surface area contributed by atoms with E-state index in [2.05, 4.69) is 60.8 Å². The summed E-state index contributed by atoms with van der Waals surface area (Å²) in [5.41, 5.74) is 2.60. The Hall–Kier alpha value is -1.39. The van der Waals surface area contributed by atoms with Gasteiger partial charge in [-0.25, -0.2) is 0 Å². The van der Waals surface area contributed by atoms with Crippen LogP contribution in [0.2, 0.25) is 0 Å². The van der Waals surface area contributed by atoms with E-state index in [1.165, 1.54) is 11.1 Å². The second kappa shape index (κ2) is 8.30. The fourth-order valence-corrected chi connectivity index (χ4v) is 3.00. The minimum absolute atomic E-state index is 0.173. The summed E-state index contributed by atoms with van der Waals surface area (Å²) in [6.45, 7) is 4.74. The van der Waals surface area contributed by atoms with Crippen LogP contribution in [0.1, 0.15) is 36.9 Å². The second-order valence-corrected chi connectivity index (χ2v) is 6.34. The molecule has 1 aliphatic heterocycles. The minimum Gasteiger partial charge on any atom is -0.354 e. The van der Waals surface area contributed by atoms with E-state index in [0.29, 0.717) is 6.54 Å². The van der Waals surface area contributed by atoms with Crippen molar-refractivity contribution in [1.82, 2.24) is 15.5 Å². The summed E-state index contributed by atoms with van der Waals surface area (Å²) in [6, 6.07) is 8.94. The number of amides is 1. The van der Waals surface area contributed by atoms with Crippen LogP contribution in [0.3, 0.4) is 0 Å². The molecule has 1 atom stereocenters. The molecule has 2 N–H and O–H groups in total. The summed E-state index contributed by atoms with van der Waals surface area (Å²) in [5, 5.41) is 6.45. The summed E-state index contributed by atoms with van der Waals surface area (Å²) in [4.78, 5) is 14.5. The third-order valence-corrected chi connectivity index (χ3v) is 4.58. The van der Waals surface area contributed by atoms with Crippen LogP contribution in [0.5, 0.6) is 0 Å². The maximum atomic E-state index is 12.3. The highest BCUT2D eigenvalue weighted by molar-refractivity contribution is 5.78. The smallest absolute Gasteiger partial charge is 0.223 e. The number of hydrogen-bond acceptors (Lipinski definition) is 3. The van der Waals surface area contributed by atoms with Crippen LogP contribution in [-0.2, 0) is 11.2 Å². The van der Waals surface area contributed by atoms with E-state index in [1.54, 1.807) is 0 Å². The number of carbonyl (C=O) groups is 1. The molecule has 1 amide bonds. The van der Waals surface area contributed by atoms with Gasteiger partial charge in [-0.15, -0.1) is 0 Å². The maximum Gasteiger partial charge on any atom is 0.223 e. The molecule has 1 aromatic rings. The first-order chi connectivity index (χ1) is 10.6. The first-order valence-corrected chi connectivity index (χ1v) is 8.35. The normalized spacial score (nSPS) is 17.5. The minimum atomic E-state index is 0.173. The van der Waals surface area contributed by atoms with Crippen LogP contribution in [-0.4, -0.2) is 44.5 Å². The molecule has 1 fully saturated rings. The topological polar surface area (TPSA) is 44.4 Å². The van der Waals surface area contributed by atoms with Gasteiger partial charge in [0, 0.05) is 12.5 Å². The Balaban J connectivity index is 1.94. The largest absolute Gasteiger partial charge is 0.354 e. The summed E-state index contributed by atoms with van der Waals surface area (Å²) in [6.07, 6.45) is 2.95. The van der Waals surface area contributed by atoms with Gasteiger partial charge in [-0.1, -0.05) is 31.2 Å². The molecule has 122 valence electrons. The fraction of sp³-hybridized carbons (Fsp3) is 0.611. The molecule has 0 radical (unpaired) electrons. The zero-order chi connectivity index (χ0) is 15.9. The molecular formula is C18H29N3O. The molecule has 0 spiro atoms. The van der Waals surface area contributed by atoms with Gasteiger partial charge in [-0.3, -0.25) is 4.79 Å². The van der Waals surface area contributed by atoms with Crippen LogP contribution in [0.4, 0.5) is 0 Å². The number of nitrogens with zero attached hydrogens (tertiary/aromatic N) is 1. The molecule has 1 aromatic carbocycles. The molecule has 4 heteroatoms. The molecule has 0 saturated carbocycles. The molecule has 1 aliphatic rings. The van der Waals surface area contributed by atoms with Gasteiger partial charge in [-0.2, -0.15) is 0 Å². The van der Waals surface area contributed by atoms with Crippen LogP contribution >= 0.6 is 0 Å². The van der Waals surface area contributed by atoms with Gasteiger partial charge >= 0.3 is 0 Å². The lowest BCUT2D eigenvalue weighted by atomic mass is 9.97. The Bertz CT molecular complexity index is 464. The average Bonchev–Trinajstić information content (AvgIpc) is 2.56. The summed E-state index contributed by atoms with van der Waals surface area (Å²) in [7, 11) is 4.13. The molecule has 1 heterocycles. The van der Waals surface area contributed by atoms with E-state index in [0.717, 1.165) is 32.4 Å². The van der Waals surface area contributed by atoms with E-state index >= 15 is 0 Å². The lowest BCUT2D eigenvalue weighted by molar-refractivity contribution is -0.125. The highest BCUT2D eigenvalue weighted by Crippen LogP contribution is 2.19. The van der Waals surface area contributed by atoms with Crippen molar-refractivity contribution in [2.75, 3.05) is 33.7 Å². The maximum absolute atomic E-state index is 12.3. The molecule has 1 saturated heterocycles. The van der Waals surface area contributed by atoms with Crippen LogP contribution in [0.25, 0.3) is 0 Å². The molecule has 4 nitrogen and oxygen atoms in total. The molecule has 1 unspecified atom stereocenters. The third-order valence-electron chi connectivity index (χ3n) is 4.58. The average molecular weight is 303 g/mol. The SMILES string of the molecule is CCc1ccc(C(CNC(=O)C2CCNCC2)N(C)C)cc1. The molecule has 2 rings (SSSR count). The first kappa shape index (κ1) is 17.0. The van der Waals surface area contributed by atoms with Crippen molar-refractivity contribution in [1.29, 1.82) is 0 Å².